The van der Waals surface area contributed by atoms with Gasteiger partial charge in [-0.2, -0.15) is 5.10 Å². The Morgan fingerprint density at radius 2 is 1.96 bits per heavy atom. The summed E-state index contributed by atoms with van der Waals surface area (Å²) >= 11 is 0. The van der Waals surface area contributed by atoms with Gasteiger partial charge < -0.3 is 15.2 Å². The lowest BCUT2D eigenvalue weighted by Crippen LogP contribution is -2.52. The zero-order valence-electron chi connectivity index (χ0n) is 15.5. The molecule has 1 aromatic carbocycles. The van der Waals surface area contributed by atoms with Gasteiger partial charge in [-0.1, -0.05) is 18.2 Å². The molecule has 144 valence electrons. The number of aliphatic hydroxyl groups is 1. The van der Waals surface area contributed by atoms with E-state index in [1.165, 1.54) is 0 Å². The number of hydrogen-bond donors (Lipinski definition) is 2. The first kappa shape index (κ1) is 18.0. The molecule has 0 radical (unpaired) electrons. The van der Waals surface area contributed by atoms with Crippen molar-refractivity contribution >= 4 is 5.91 Å². The predicted octanol–water partition coefficient (Wildman–Crippen LogP) is 1.20. The summed E-state index contributed by atoms with van der Waals surface area (Å²) in [6, 6.07) is 10.9. The van der Waals surface area contributed by atoms with Crippen molar-refractivity contribution in [2.24, 2.45) is 7.05 Å². The summed E-state index contributed by atoms with van der Waals surface area (Å²) in [5.41, 5.74) is 0.511. The molecule has 0 bridgehead atoms. The van der Waals surface area contributed by atoms with Crippen molar-refractivity contribution in [1.29, 1.82) is 0 Å². The number of nitrogens with one attached hydrogen (secondary N) is 1. The number of aryl methyl sites for hydroxylation is 1. The van der Waals surface area contributed by atoms with E-state index in [-0.39, 0.29) is 24.1 Å². The van der Waals surface area contributed by atoms with Gasteiger partial charge in [-0.3, -0.25) is 14.4 Å². The van der Waals surface area contributed by atoms with E-state index in [0.717, 1.165) is 31.7 Å². The van der Waals surface area contributed by atoms with Crippen molar-refractivity contribution in [3.63, 3.8) is 0 Å². The fraction of sp³-hybridized carbons (Fsp3) is 0.500. The molecule has 0 spiro atoms. The molecule has 4 atom stereocenters. The molecule has 2 aromatic rings. The van der Waals surface area contributed by atoms with E-state index in [1.54, 1.807) is 24.0 Å². The van der Waals surface area contributed by atoms with Gasteiger partial charge in [-0.15, -0.1) is 0 Å². The van der Waals surface area contributed by atoms with Crippen molar-refractivity contribution in [1.82, 2.24) is 20.0 Å². The van der Waals surface area contributed by atoms with Crippen LogP contribution in [0.15, 0.2) is 42.6 Å². The first-order chi connectivity index (χ1) is 13.1. The highest BCUT2D eigenvalue weighted by Gasteiger charge is 2.48. The number of nitrogens with zero attached hydrogens (tertiary/aromatic N) is 3. The Balaban J connectivity index is 1.52. The number of benzene rings is 1. The Bertz CT molecular complexity index is 773. The van der Waals surface area contributed by atoms with Crippen molar-refractivity contribution in [3.8, 4) is 5.75 Å². The van der Waals surface area contributed by atoms with Crippen LogP contribution in [0.2, 0.25) is 0 Å². The fourth-order valence-corrected chi connectivity index (χ4v) is 4.27. The van der Waals surface area contributed by atoms with Crippen LogP contribution < -0.4 is 10.1 Å². The SMILES string of the molecule is Cn1nccc1C(=O)N[C@@H]1C[C@@H](Oc2ccccc2)[C@H](O)[C@H]1N1CCCC1. The number of likely N-dealkylation sites (tertiary alicyclic amines) is 1. The molecular formula is C20H26N4O3. The quantitative estimate of drug-likeness (QED) is 0.827. The summed E-state index contributed by atoms with van der Waals surface area (Å²) in [5, 5.41) is 18.2. The van der Waals surface area contributed by atoms with Gasteiger partial charge >= 0.3 is 0 Å². The second-order valence-corrected chi connectivity index (χ2v) is 7.35. The maximum Gasteiger partial charge on any atom is 0.269 e. The number of ether oxygens (including phenoxy) is 1. The van der Waals surface area contributed by atoms with E-state index in [9.17, 15) is 9.90 Å². The number of hydrogen-bond acceptors (Lipinski definition) is 5. The maximum absolute atomic E-state index is 12.7. The van der Waals surface area contributed by atoms with Gasteiger partial charge in [0.2, 0.25) is 0 Å². The van der Waals surface area contributed by atoms with Gasteiger partial charge in [-0.25, -0.2) is 0 Å². The van der Waals surface area contributed by atoms with E-state index in [1.807, 2.05) is 30.3 Å². The molecule has 7 heteroatoms. The molecule has 1 aliphatic heterocycles. The van der Waals surface area contributed by atoms with Gasteiger partial charge in [0.25, 0.3) is 5.91 Å². The lowest BCUT2D eigenvalue weighted by molar-refractivity contribution is 0.0139. The average molecular weight is 370 g/mol. The van der Waals surface area contributed by atoms with E-state index >= 15 is 0 Å². The highest BCUT2D eigenvalue weighted by atomic mass is 16.5. The third-order valence-electron chi connectivity index (χ3n) is 5.59. The third-order valence-corrected chi connectivity index (χ3v) is 5.59. The van der Waals surface area contributed by atoms with Crippen LogP contribution in [0, 0.1) is 0 Å². The summed E-state index contributed by atoms with van der Waals surface area (Å²) in [7, 11) is 1.75. The van der Waals surface area contributed by atoms with Gasteiger partial charge in [0.15, 0.2) is 0 Å². The van der Waals surface area contributed by atoms with Crippen molar-refractivity contribution in [2.45, 2.75) is 43.6 Å². The van der Waals surface area contributed by atoms with Gasteiger partial charge in [0.05, 0.1) is 12.1 Å². The van der Waals surface area contributed by atoms with Crippen LogP contribution in [0.25, 0.3) is 0 Å². The number of carbonyl (C=O) groups excluding carboxylic acids is 1. The monoisotopic (exact) mass is 370 g/mol. The molecule has 4 rings (SSSR count). The minimum Gasteiger partial charge on any atom is -0.488 e. The van der Waals surface area contributed by atoms with Crippen LogP contribution >= 0.6 is 0 Å². The minimum atomic E-state index is -0.653. The van der Waals surface area contributed by atoms with Crippen LogP contribution in [0.5, 0.6) is 5.75 Å². The number of carbonyl (C=O) groups is 1. The second-order valence-electron chi connectivity index (χ2n) is 7.35. The molecule has 1 aliphatic carbocycles. The largest absolute Gasteiger partial charge is 0.488 e. The normalized spacial score (nSPS) is 28.4. The summed E-state index contributed by atoms with van der Waals surface area (Å²) < 4.78 is 7.62. The standard InChI is InChI=1S/C20H26N4O3/c1-23-16(9-10-21-23)20(26)22-15-13-17(27-14-7-3-2-4-8-14)19(25)18(15)24-11-5-6-12-24/h2-4,7-10,15,17-19,25H,5-6,11-13H2,1H3,(H,22,26)/t15-,17-,18+,19+/m1/s1. The summed E-state index contributed by atoms with van der Waals surface area (Å²) in [6.45, 7) is 1.88. The van der Waals surface area contributed by atoms with Crippen LogP contribution in [0.1, 0.15) is 29.8 Å². The Kier molecular flexibility index (Phi) is 5.13. The van der Waals surface area contributed by atoms with Crippen molar-refractivity contribution in [3.05, 3.63) is 48.3 Å². The fourth-order valence-electron chi connectivity index (χ4n) is 4.27. The molecule has 2 heterocycles. The van der Waals surface area contributed by atoms with Gasteiger partial charge in [0, 0.05) is 19.7 Å². The molecule has 2 N–H and O–H groups in total. The Hall–Kier alpha value is -2.38. The number of rotatable bonds is 5. The Morgan fingerprint density at radius 1 is 1.22 bits per heavy atom. The molecule has 2 aliphatic rings. The first-order valence-electron chi connectivity index (χ1n) is 9.56. The molecule has 0 unspecified atom stereocenters. The average Bonchev–Trinajstić information content (AvgIpc) is 3.38. The molecule has 2 fully saturated rings. The van der Waals surface area contributed by atoms with Crippen LogP contribution in [-0.2, 0) is 7.05 Å². The number of aromatic nitrogens is 2. The van der Waals surface area contributed by atoms with E-state index in [4.69, 9.17) is 4.74 Å². The lowest BCUT2D eigenvalue weighted by atomic mass is 10.1. The minimum absolute atomic E-state index is 0.140. The molecule has 27 heavy (non-hydrogen) atoms. The molecule has 1 amide bonds. The van der Waals surface area contributed by atoms with Crippen LogP contribution in [0.4, 0.5) is 0 Å². The highest BCUT2D eigenvalue weighted by molar-refractivity contribution is 5.92. The smallest absolute Gasteiger partial charge is 0.269 e. The molecule has 7 nitrogen and oxygen atoms in total. The van der Waals surface area contributed by atoms with Crippen LogP contribution in [0.3, 0.4) is 0 Å². The van der Waals surface area contributed by atoms with Gasteiger partial charge in [-0.05, 0) is 44.1 Å². The summed E-state index contributed by atoms with van der Waals surface area (Å²) in [4.78, 5) is 15.0. The third kappa shape index (κ3) is 3.70. The van der Waals surface area contributed by atoms with Gasteiger partial charge in [0.1, 0.15) is 23.7 Å². The highest BCUT2D eigenvalue weighted by Crippen LogP contribution is 2.31. The number of para-hydroxylation sites is 1. The Morgan fingerprint density at radius 3 is 2.63 bits per heavy atom. The van der Waals surface area contributed by atoms with E-state index in [2.05, 4.69) is 15.3 Å². The topological polar surface area (TPSA) is 79.6 Å². The lowest BCUT2D eigenvalue weighted by Gasteiger charge is -2.31. The molecule has 1 saturated carbocycles. The van der Waals surface area contributed by atoms with E-state index in [0.29, 0.717) is 12.1 Å². The molecular weight excluding hydrogens is 344 g/mol. The van der Waals surface area contributed by atoms with Crippen molar-refractivity contribution in [2.75, 3.05) is 13.1 Å². The van der Waals surface area contributed by atoms with E-state index < -0.39 is 6.10 Å². The summed E-state index contributed by atoms with van der Waals surface area (Å²) in [6.07, 6.45) is 3.42. The molecule has 1 aromatic heterocycles. The number of aliphatic hydroxyl groups excluding tert-OH is 1. The van der Waals surface area contributed by atoms with Crippen LogP contribution in [-0.4, -0.2) is 63.1 Å². The Labute approximate surface area is 158 Å². The zero-order chi connectivity index (χ0) is 18.8. The maximum atomic E-state index is 12.7. The second kappa shape index (κ2) is 7.70. The predicted molar refractivity (Wildman–Crippen MR) is 101 cm³/mol. The summed E-state index contributed by atoms with van der Waals surface area (Å²) in [5.74, 6) is 0.567. The first-order valence-corrected chi connectivity index (χ1v) is 9.56. The zero-order valence-corrected chi connectivity index (χ0v) is 15.5. The molecule has 1 saturated heterocycles. The van der Waals surface area contributed by atoms with Crippen molar-refractivity contribution < 1.29 is 14.6 Å². The number of amides is 1.